The largest absolute Gasteiger partial charge is 0.365 e. The molecule has 1 fully saturated rings. The molecule has 5 nitrogen and oxygen atoms in total. The van der Waals surface area contributed by atoms with E-state index in [1.807, 2.05) is 0 Å². The van der Waals surface area contributed by atoms with E-state index in [0.29, 0.717) is 24.4 Å². The molecule has 6 heteroatoms. The van der Waals surface area contributed by atoms with Gasteiger partial charge >= 0.3 is 0 Å². The standard InChI is InChI=1S/C15H18FN5/c16-12-7-5-11(6-8-12)9-17-14-10-18-21-15(20-14)19-13-3-1-2-4-13/h5-8,10,13H,1-4,9H2,(H2,17,19,20,21). The number of nitrogens with one attached hydrogen (secondary N) is 2. The van der Waals surface area contributed by atoms with Gasteiger partial charge in [-0.1, -0.05) is 25.0 Å². The third-order valence-electron chi connectivity index (χ3n) is 3.63. The van der Waals surface area contributed by atoms with Crippen LogP contribution in [0.2, 0.25) is 0 Å². The van der Waals surface area contributed by atoms with Gasteiger partial charge in [0, 0.05) is 12.6 Å². The van der Waals surface area contributed by atoms with Crippen LogP contribution in [0.15, 0.2) is 30.5 Å². The van der Waals surface area contributed by atoms with Crippen LogP contribution in [0, 0.1) is 5.82 Å². The second kappa shape index (κ2) is 6.47. The molecule has 0 atom stereocenters. The molecule has 1 aliphatic carbocycles. The van der Waals surface area contributed by atoms with Crippen molar-refractivity contribution >= 4 is 11.8 Å². The molecule has 0 saturated heterocycles. The van der Waals surface area contributed by atoms with Gasteiger partial charge in [0.05, 0.1) is 6.20 Å². The molecule has 0 bridgehead atoms. The average Bonchev–Trinajstić information content (AvgIpc) is 3.00. The lowest BCUT2D eigenvalue weighted by Crippen LogP contribution is -2.17. The number of anilines is 2. The van der Waals surface area contributed by atoms with E-state index in [2.05, 4.69) is 25.8 Å². The summed E-state index contributed by atoms with van der Waals surface area (Å²) < 4.78 is 12.8. The topological polar surface area (TPSA) is 62.7 Å². The molecule has 0 unspecified atom stereocenters. The van der Waals surface area contributed by atoms with Gasteiger partial charge in [0.1, 0.15) is 5.82 Å². The van der Waals surface area contributed by atoms with E-state index in [4.69, 9.17) is 0 Å². The Hall–Kier alpha value is -2.24. The minimum Gasteiger partial charge on any atom is -0.365 e. The summed E-state index contributed by atoms with van der Waals surface area (Å²) in [5.41, 5.74) is 0.986. The summed E-state index contributed by atoms with van der Waals surface area (Å²) >= 11 is 0. The van der Waals surface area contributed by atoms with Gasteiger partial charge in [0.15, 0.2) is 5.82 Å². The molecule has 0 radical (unpaired) electrons. The van der Waals surface area contributed by atoms with Crippen molar-refractivity contribution in [1.82, 2.24) is 15.2 Å². The number of benzene rings is 1. The highest BCUT2D eigenvalue weighted by Gasteiger charge is 2.15. The highest BCUT2D eigenvalue weighted by Crippen LogP contribution is 2.20. The van der Waals surface area contributed by atoms with Crippen LogP contribution >= 0.6 is 0 Å². The molecule has 1 heterocycles. The monoisotopic (exact) mass is 287 g/mol. The van der Waals surface area contributed by atoms with E-state index in [1.165, 1.54) is 25.0 Å². The zero-order chi connectivity index (χ0) is 14.5. The zero-order valence-electron chi connectivity index (χ0n) is 11.7. The minimum atomic E-state index is -0.231. The van der Waals surface area contributed by atoms with Gasteiger partial charge in [-0.15, -0.1) is 5.10 Å². The summed E-state index contributed by atoms with van der Waals surface area (Å²) in [4.78, 5) is 4.40. The lowest BCUT2D eigenvalue weighted by atomic mass is 10.2. The molecule has 0 aliphatic heterocycles. The minimum absolute atomic E-state index is 0.231. The Morgan fingerprint density at radius 3 is 2.67 bits per heavy atom. The molecule has 110 valence electrons. The molecule has 0 amide bonds. The maximum Gasteiger partial charge on any atom is 0.244 e. The lowest BCUT2D eigenvalue weighted by Gasteiger charge is -2.12. The summed E-state index contributed by atoms with van der Waals surface area (Å²) in [6.07, 6.45) is 6.43. The van der Waals surface area contributed by atoms with E-state index >= 15 is 0 Å². The second-order valence-electron chi connectivity index (χ2n) is 5.27. The first kappa shape index (κ1) is 13.7. The molecule has 1 aromatic heterocycles. The Kier molecular flexibility index (Phi) is 4.23. The van der Waals surface area contributed by atoms with E-state index < -0.39 is 0 Å². The lowest BCUT2D eigenvalue weighted by molar-refractivity contribution is 0.627. The molecule has 1 aromatic carbocycles. The number of nitrogens with zero attached hydrogens (tertiary/aromatic N) is 3. The van der Waals surface area contributed by atoms with E-state index in [-0.39, 0.29) is 5.82 Å². The quantitative estimate of drug-likeness (QED) is 0.885. The molecule has 0 spiro atoms. The molecule has 1 saturated carbocycles. The van der Waals surface area contributed by atoms with Crippen molar-refractivity contribution in [2.24, 2.45) is 0 Å². The van der Waals surface area contributed by atoms with Crippen molar-refractivity contribution in [1.29, 1.82) is 0 Å². The number of hydrogen-bond acceptors (Lipinski definition) is 5. The van der Waals surface area contributed by atoms with Crippen molar-refractivity contribution in [2.75, 3.05) is 10.6 Å². The third kappa shape index (κ3) is 3.87. The first-order chi connectivity index (χ1) is 10.3. The molecule has 2 aromatic rings. The maximum absolute atomic E-state index is 12.8. The molecule has 21 heavy (non-hydrogen) atoms. The normalized spacial score (nSPS) is 15.1. The van der Waals surface area contributed by atoms with Crippen LogP contribution in [-0.2, 0) is 6.54 Å². The molecule has 3 rings (SSSR count). The highest BCUT2D eigenvalue weighted by molar-refractivity contribution is 5.38. The van der Waals surface area contributed by atoms with Gasteiger partial charge in [-0.25, -0.2) is 4.39 Å². The van der Waals surface area contributed by atoms with Crippen molar-refractivity contribution in [3.63, 3.8) is 0 Å². The summed E-state index contributed by atoms with van der Waals surface area (Å²) in [5, 5.41) is 14.4. The summed E-state index contributed by atoms with van der Waals surface area (Å²) in [7, 11) is 0. The SMILES string of the molecule is Fc1ccc(CNc2cnnc(NC3CCCC3)n2)cc1. The second-order valence-corrected chi connectivity index (χ2v) is 5.27. The van der Waals surface area contributed by atoms with Crippen molar-refractivity contribution in [3.05, 3.63) is 41.8 Å². The van der Waals surface area contributed by atoms with Crippen molar-refractivity contribution < 1.29 is 4.39 Å². The van der Waals surface area contributed by atoms with E-state index in [1.54, 1.807) is 18.3 Å². The van der Waals surface area contributed by atoms with Gasteiger partial charge in [-0.2, -0.15) is 10.1 Å². The predicted molar refractivity (Wildman–Crippen MR) is 79.4 cm³/mol. The smallest absolute Gasteiger partial charge is 0.244 e. The molecule has 2 N–H and O–H groups in total. The van der Waals surface area contributed by atoms with Gasteiger partial charge < -0.3 is 10.6 Å². The van der Waals surface area contributed by atoms with E-state index in [9.17, 15) is 4.39 Å². The Morgan fingerprint density at radius 2 is 1.90 bits per heavy atom. The first-order valence-electron chi connectivity index (χ1n) is 7.24. The van der Waals surface area contributed by atoms with Crippen LogP contribution in [0.25, 0.3) is 0 Å². The summed E-state index contributed by atoms with van der Waals surface area (Å²) in [6.45, 7) is 0.571. The number of hydrogen-bond donors (Lipinski definition) is 2. The Labute approximate surface area is 123 Å². The highest BCUT2D eigenvalue weighted by atomic mass is 19.1. The van der Waals surface area contributed by atoms with Crippen LogP contribution in [0.1, 0.15) is 31.2 Å². The van der Waals surface area contributed by atoms with Crippen LogP contribution in [0.5, 0.6) is 0 Å². The van der Waals surface area contributed by atoms with Gasteiger partial charge in [-0.05, 0) is 30.5 Å². The fraction of sp³-hybridized carbons (Fsp3) is 0.400. The fourth-order valence-electron chi connectivity index (χ4n) is 2.50. The van der Waals surface area contributed by atoms with Crippen LogP contribution in [0.3, 0.4) is 0 Å². The Balaban J connectivity index is 1.58. The Morgan fingerprint density at radius 1 is 1.14 bits per heavy atom. The number of rotatable bonds is 5. The van der Waals surface area contributed by atoms with Crippen LogP contribution in [-0.4, -0.2) is 21.2 Å². The third-order valence-corrected chi connectivity index (χ3v) is 3.63. The number of aromatic nitrogens is 3. The molecular weight excluding hydrogens is 269 g/mol. The zero-order valence-corrected chi connectivity index (χ0v) is 11.7. The van der Waals surface area contributed by atoms with Crippen molar-refractivity contribution in [2.45, 2.75) is 38.3 Å². The average molecular weight is 287 g/mol. The van der Waals surface area contributed by atoms with Gasteiger partial charge in [0.25, 0.3) is 0 Å². The molecular formula is C15H18FN5. The summed E-state index contributed by atoms with van der Waals surface area (Å²) in [6, 6.07) is 6.84. The number of halogens is 1. The maximum atomic E-state index is 12.8. The van der Waals surface area contributed by atoms with Crippen LogP contribution < -0.4 is 10.6 Å². The molecule has 1 aliphatic rings. The van der Waals surface area contributed by atoms with Crippen molar-refractivity contribution in [3.8, 4) is 0 Å². The summed E-state index contributed by atoms with van der Waals surface area (Å²) in [5.74, 6) is 0.992. The first-order valence-corrected chi connectivity index (χ1v) is 7.24. The van der Waals surface area contributed by atoms with Crippen LogP contribution in [0.4, 0.5) is 16.2 Å². The fourth-order valence-corrected chi connectivity index (χ4v) is 2.50. The van der Waals surface area contributed by atoms with Gasteiger partial charge in [-0.3, -0.25) is 0 Å². The van der Waals surface area contributed by atoms with Gasteiger partial charge in [0.2, 0.25) is 5.95 Å². The van der Waals surface area contributed by atoms with E-state index in [0.717, 1.165) is 18.4 Å². The predicted octanol–water partition coefficient (Wildman–Crippen LogP) is 2.98. The Bertz CT molecular complexity index is 581.